The van der Waals surface area contributed by atoms with Gasteiger partial charge in [0, 0.05) is 5.39 Å². The van der Waals surface area contributed by atoms with Crippen LogP contribution in [0.5, 0.6) is 0 Å². The van der Waals surface area contributed by atoms with Crippen molar-refractivity contribution < 1.29 is 9.32 Å². The second kappa shape index (κ2) is 5.25. The van der Waals surface area contributed by atoms with Crippen LogP contribution in [0.15, 0.2) is 16.7 Å². The first kappa shape index (κ1) is 13.7. The van der Waals surface area contributed by atoms with Gasteiger partial charge in [-0.1, -0.05) is 16.5 Å². The third-order valence-corrected chi connectivity index (χ3v) is 4.02. The molecule has 0 saturated heterocycles. The van der Waals surface area contributed by atoms with Gasteiger partial charge < -0.3 is 9.84 Å². The molecule has 2 heterocycles. The van der Waals surface area contributed by atoms with Crippen LogP contribution in [0.2, 0.25) is 0 Å². The molecule has 1 aromatic carbocycles. The molecule has 0 atom stereocenters. The van der Waals surface area contributed by atoms with Crippen LogP contribution >= 0.6 is 11.3 Å². The Balaban J connectivity index is 1.81. The fourth-order valence-electron chi connectivity index (χ4n) is 2.03. The fourth-order valence-corrected chi connectivity index (χ4v) is 2.64. The van der Waals surface area contributed by atoms with Gasteiger partial charge in [0.25, 0.3) is 0 Å². The minimum atomic E-state index is -0.181. The number of benzene rings is 1. The molecule has 0 aliphatic rings. The van der Waals surface area contributed by atoms with Crippen LogP contribution in [0.1, 0.15) is 21.8 Å². The Bertz CT molecular complexity index is 822. The van der Waals surface area contributed by atoms with E-state index in [0.29, 0.717) is 16.4 Å². The summed E-state index contributed by atoms with van der Waals surface area (Å²) in [7, 11) is 0. The lowest BCUT2D eigenvalue weighted by molar-refractivity contribution is -0.115. The van der Waals surface area contributed by atoms with Crippen LogP contribution in [0.3, 0.4) is 0 Å². The molecule has 0 aliphatic heterocycles. The molecule has 3 aromatic rings. The molecular weight excluding hydrogens is 288 g/mol. The Morgan fingerprint density at radius 2 is 2.00 bits per heavy atom. The molecule has 0 saturated carbocycles. The van der Waals surface area contributed by atoms with Gasteiger partial charge in [-0.15, -0.1) is 10.2 Å². The highest BCUT2D eigenvalue weighted by Gasteiger charge is 2.14. The van der Waals surface area contributed by atoms with E-state index in [4.69, 9.17) is 4.52 Å². The first-order chi connectivity index (χ1) is 10.0. The van der Waals surface area contributed by atoms with Crippen molar-refractivity contribution in [2.24, 2.45) is 0 Å². The number of carbonyl (C=O) groups is 1. The van der Waals surface area contributed by atoms with Crippen LogP contribution in [0.4, 0.5) is 5.13 Å². The largest absolute Gasteiger partial charge is 0.356 e. The Hall–Kier alpha value is -2.28. The van der Waals surface area contributed by atoms with Crippen molar-refractivity contribution in [2.75, 3.05) is 5.32 Å². The summed E-state index contributed by atoms with van der Waals surface area (Å²) in [6.45, 7) is 5.88. The second-order valence-corrected chi connectivity index (χ2v) is 6.09. The first-order valence-corrected chi connectivity index (χ1v) is 7.30. The maximum atomic E-state index is 12.0. The van der Waals surface area contributed by atoms with E-state index in [1.165, 1.54) is 11.3 Å². The second-order valence-electron chi connectivity index (χ2n) is 4.91. The third-order valence-electron chi connectivity index (χ3n) is 3.26. The monoisotopic (exact) mass is 302 g/mol. The summed E-state index contributed by atoms with van der Waals surface area (Å²) in [5.41, 5.74) is 3.62. The van der Waals surface area contributed by atoms with Gasteiger partial charge >= 0.3 is 0 Å². The molecule has 21 heavy (non-hydrogen) atoms. The van der Waals surface area contributed by atoms with Crippen molar-refractivity contribution in [3.8, 4) is 0 Å². The molecule has 0 fully saturated rings. The van der Waals surface area contributed by atoms with Crippen molar-refractivity contribution in [1.29, 1.82) is 0 Å². The van der Waals surface area contributed by atoms with Crippen LogP contribution in [-0.4, -0.2) is 21.3 Å². The number of nitrogens with zero attached hydrogens (tertiary/aromatic N) is 3. The van der Waals surface area contributed by atoms with Gasteiger partial charge in [0.1, 0.15) is 10.7 Å². The number of hydrogen-bond donors (Lipinski definition) is 1. The predicted molar refractivity (Wildman–Crippen MR) is 80.5 cm³/mol. The minimum Gasteiger partial charge on any atom is -0.356 e. The highest BCUT2D eigenvalue weighted by molar-refractivity contribution is 7.15. The number of anilines is 1. The Morgan fingerprint density at radius 1 is 1.24 bits per heavy atom. The number of aryl methyl sites for hydroxylation is 3. The molecule has 0 aliphatic carbocycles. The zero-order chi connectivity index (χ0) is 15.0. The summed E-state index contributed by atoms with van der Waals surface area (Å²) in [6, 6.07) is 3.94. The van der Waals surface area contributed by atoms with Gasteiger partial charge in [0.05, 0.1) is 6.42 Å². The Kier molecular flexibility index (Phi) is 3.42. The van der Waals surface area contributed by atoms with Crippen LogP contribution < -0.4 is 5.32 Å². The maximum absolute atomic E-state index is 12.0. The van der Waals surface area contributed by atoms with E-state index in [0.717, 1.165) is 21.5 Å². The van der Waals surface area contributed by atoms with Crippen LogP contribution in [-0.2, 0) is 11.2 Å². The summed E-state index contributed by atoms with van der Waals surface area (Å²) < 4.78 is 5.28. The molecule has 7 heteroatoms. The number of amides is 1. The lowest BCUT2D eigenvalue weighted by Crippen LogP contribution is -2.14. The minimum absolute atomic E-state index is 0.147. The maximum Gasteiger partial charge on any atom is 0.232 e. The zero-order valence-electron chi connectivity index (χ0n) is 11.9. The molecule has 0 radical (unpaired) electrons. The SMILES string of the molecule is Cc1nnc(NC(=O)Cc2noc3cc(C)c(C)cc23)s1. The molecule has 0 unspecified atom stereocenters. The van der Waals surface area contributed by atoms with Gasteiger partial charge in [0.2, 0.25) is 11.0 Å². The summed E-state index contributed by atoms with van der Waals surface area (Å²) in [4.78, 5) is 12.0. The van der Waals surface area contributed by atoms with Gasteiger partial charge in [0.15, 0.2) is 5.58 Å². The van der Waals surface area contributed by atoms with E-state index in [2.05, 4.69) is 20.7 Å². The highest BCUT2D eigenvalue weighted by atomic mass is 32.1. The van der Waals surface area contributed by atoms with Crippen LogP contribution in [0, 0.1) is 20.8 Å². The van der Waals surface area contributed by atoms with Crippen molar-refractivity contribution in [2.45, 2.75) is 27.2 Å². The molecule has 108 valence electrons. The Labute approximate surface area is 125 Å². The normalized spacial score (nSPS) is 11.0. The van der Waals surface area contributed by atoms with Gasteiger partial charge in [-0.25, -0.2) is 0 Å². The summed E-state index contributed by atoms with van der Waals surface area (Å²) in [5.74, 6) is -0.181. The lowest BCUT2D eigenvalue weighted by atomic mass is 10.1. The Morgan fingerprint density at radius 3 is 2.71 bits per heavy atom. The van der Waals surface area contributed by atoms with E-state index in [9.17, 15) is 4.79 Å². The summed E-state index contributed by atoms with van der Waals surface area (Å²) >= 11 is 1.34. The standard InChI is InChI=1S/C14H14N4O2S/c1-7-4-10-11(18-20-12(10)5-8(7)2)6-13(19)15-14-17-16-9(3)21-14/h4-5H,6H2,1-3H3,(H,15,17,19). The third kappa shape index (κ3) is 2.78. The van der Waals surface area contributed by atoms with Crippen molar-refractivity contribution in [3.05, 3.63) is 34.0 Å². The van der Waals surface area contributed by atoms with E-state index < -0.39 is 0 Å². The highest BCUT2D eigenvalue weighted by Crippen LogP contribution is 2.23. The molecule has 0 bridgehead atoms. The molecule has 3 rings (SSSR count). The quantitative estimate of drug-likeness (QED) is 0.804. The van der Waals surface area contributed by atoms with Gasteiger partial charge in [-0.3, -0.25) is 4.79 Å². The molecule has 0 spiro atoms. The van der Waals surface area contributed by atoms with E-state index in [1.807, 2.05) is 32.9 Å². The number of nitrogens with one attached hydrogen (secondary N) is 1. The van der Waals surface area contributed by atoms with Gasteiger partial charge in [-0.2, -0.15) is 0 Å². The number of carbonyl (C=O) groups excluding carboxylic acids is 1. The number of fused-ring (bicyclic) bond motifs is 1. The summed E-state index contributed by atoms with van der Waals surface area (Å²) in [5, 5.41) is 16.6. The van der Waals surface area contributed by atoms with E-state index in [-0.39, 0.29) is 12.3 Å². The average Bonchev–Trinajstić information content (AvgIpc) is 2.98. The number of hydrogen-bond acceptors (Lipinski definition) is 6. The van der Waals surface area contributed by atoms with Crippen molar-refractivity contribution in [3.63, 3.8) is 0 Å². The van der Waals surface area contributed by atoms with Crippen molar-refractivity contribution >= 4 is 33.3 Å². The predicted octanol–water partition coefficient (Wildman–Crippen LogP) is 2.79. The summed E-state index contributed by atoms with van der Waals surface area (Å²) in [6.07, 6.45) is 0.147. The zero-order valence-corrected chi connectivity index (χ0v) is 12.7. The number of aromatic nitrogens is 3. The molecule has 1 amide bonds. The smallest absolute Gasteiger partial charge is 0.232 e. The average molecular weight is 302 g/mol. The van der Waals surface area contributed by atoms with Gasteiger partial charge in [-0.05, 0) is 44.0 Å². The molecule has 2 aromatic heterocycles. The van der Waals surface area contributed by atoms with Crippen molar-refractivity contribution in [1.82, 2.24) is 15.4 Å². The van der Waals surface area contributed by atoms with E-state index in [1.54, 1.807) is 0 Å². The molecule has 1 N–H and O–H groups in total. The topological polar surface area (TPSA) is 80.9 Å². The fraction of sp³-hybridized carbons (Fsp3) is 0.286. The lowest BCUT2D eigenvalue weighted by Gasteiger charge is -2.00. The first-order valence-electron chi connectivity index (χ1n) is 6.48. The number of rotatable bonds is 3. The molecular formula is C14H14N4O2S. The van der Waals surface area contributed by atoms with Crippen LogP contribution in [0.25, 0.3) is 11.0 Å². The molecule has 6 nitrogen and oxygen atoms in total. The van der Waals surface area contributed by atoms with E-state index >= 15 is 0 Å².